The molecule has 0 unspecified atom stereocenters. The molecule has 1 N–H and O–H groups in total. The van der Waals surface area contributed by atoms with E-state index >= 15 is 0 Å². The number of carbonyl (C=O) groups is 2. The van der Waals surface area contributed by atoms with Gasteiger partial charge in [0.2, 0.25) is 11.8 Å². The predicted molar refractivity (Wildman–Crippen MR) is 101 cm³/mol. The molecule has 1 aliphatic heterocycles. The number of carbonyl (C=O) groups excluding carboxylic acids is 2. The summed E-state index contributed by atoms with van der Waals surface area (Å²) in [5, 5.41) is 2.69. The molecule has 0 radical (unpaired) electrons. The van der Waals surface area contributed by atoms with Crippen molar-refractivity contribution in [2.45, 2.75) is 13.0 Å². The quantitative estimate of drug-likeness (QED) is 0.845. The number of benzene rings is 2. The lowest BCUT2D eigenvalue weighted by molar-refractivity contribution is -0.134. The highest BCUT2D eigenvalue weighted by Gasteiger charge is 2.21. The number of hydrogen-bond acceptors (Lipinski definition) is 3. The molecule has 2 aromatic carbocycles. The van der Waals surface area contributed by atoms with Gasteiger partial charge in [0.25, 0.3) is 0 Å². The van der Waals surface area contributed by atoms with Crippen molar-refractivity contribution in [2.75, 3.05) is 32.7 Å². The summed E-state index contributed by atoms with van der Waals surface area (Å²) in [5.74, 6) is -0.438. The first-order valence-electron chi connectivity index (χ1n) is 9.16. The molecule has 1 saturated heterocycles. The van der Waals surface area contributed by atoms with Gasteiger partial charge in [-0.1, -0.05) is 48.5 Å². The normalized spacial score (nSPS) is 14.8. The Balaban J connectivity index is 1.39. The molecular weight excluding hydrogens is 345 g/mol. The molecule has 3 rings (SSSR count). The van der Waals surface area contributed by atoms with E-state index in [1.54, 1.807) is 17.0 Å². The van der Waals surface area contributed by atoms with E-state index in [4.69, 9.17) is 0 Å². The zero-order valence-electron chi connectivity index (χ0n) is 15.2. The number of rotatable bonds is 6. The summed E-state index contributed by atoms with van der Waals surface area (Å²) in [7, 11) is 0. The van der Waals surface area contributed by atoms with E-state index in [-0.39, 0.29) is 30.6 Å². The van der Waals surface area contributed by atoms with Crippen molar-refractivity contribution >= 4 is 11.8 Å². The van der Waals surface area contributed by atoms with E-state index in [1.807, 2.05) is 36.4 Å². The highest BCUT2D eigenvalue weighted by molar-refractivity contribution is 5.85. The van der Waals surface area contributed by atoms with Crippen LogP contribution < -0.4 is 5.32 Å². The van der Waals surface area contributed by atoms with Crippen LogP contribution in [0.3, 0.4) is 0 Å². The van der Waals surface area contributed by atoms with E-state index < -0.39 is 0 Å². The summed E-state index contributed by atoms with van der Waals surface area (Å²) >= 11 is 0. The minimum Gasteiger partial charge on any atom is -0.347 e. The Morgan fingerprint density at radius 1 is 0.926 bits per heavy atom. The Morgan fingerprint density at radius 3 is 2.30 bits per heavy atom. The van der Waals surface area contributed by atoms with Gasteiger partial charge in [0, 0.05) is 38.3 Å². The van der Waals surface area contributed by atoms with Gasteiger partial charge < -0.3 is 10.2 Å². The molecule has 6 heteroatoms. The van der Waals surface area contributed by atoms with E-state index in [0.717, 1.165) is 5.56 Å². The van der Waals surface area contributed by atoms with Gasteiger partial charge in [0.1, 0.15) is 5.82 Å². The highest BCUT2D eigenvalue weighted by Crippen LogP contribution is 2.12. The fourth-order valence-corrected chi connectivity index (χ4v) is 3.15. The summed E-state index contributed by atoms with van der Waals surface area (Å²) in [5.41, 5.74) is 1.59. The zero-order valence-corrected chi connectivity index (χ0v) is 15.2. The molecule has 5 nitrogen and oxygen atoms in total. The van der Waals surface area contributed by atoms with Gasteiger partial charge >= 0.3 is 0 Å². The smallest absolute Gasteiger partial charge is 0.242 e. The SMILES string of the molecule is O=C(Cc1ccccc1)NCC(=O)N1CCN(Cc2ccccc2F)CC1. The van der Waals surface area contributed by atoms with Crippen molar-refractivity contribution in [3.8, 4) is 0 Å². The maximum atomic E-state index is 13.8. The van der Waals surface area contributed by atoms with Crippen LogP contribution in [0.25, 0.3) is 0 Å². The van der Waals surface area contributed by atoms with Crippen LogP contribution in [0.15, 0.2) is 54.6 Å². The second-order valence-electron chi connectivity index (χ2n) is 6.69. The molecule has 1 heterocycles. The lowest BCUT2D eigenvalue weighted by Gasteiger charge is -2.34. The fourth-order valence-electron chi connectivity index (χ4n) is 3.15. The fraction of sp³-hybridized carbons (Fsp3) is 0.333. The number of piperazine rings is 1. The van der Waals surface area contributed by atoms with Crippen LogP contribution in [0.2, 0.25) is 0 Å². The number of hydrogen-bond donors (Lipinski definition) is 1. The van der Waals surface area contributed by atoms with E-state index in [9.17, 15) is 14.0 Å². The Labute approximate surface area is 158 Å². The molecule has 0 bridgehead atoms. The van der Waals surface area contributed by atoms with Crippen LogP contribution in [0.5, 0.6) is 0 Å². The minimum absolute atomic E-state index is 0.0129. The Kier molecular flexibility index (Phi) is 6.54. The first-order chi connectivity index (χ1) is 13.1. The summed E-state index contributed by atoms with van der Waals surface area (Å²) in [6.07, 6.45) is 0.268. The van der Waals surface area contributed by atoms with Crippen molar-refractivity contribution in [3.05, 3.63) is 71.5 Å². The molecule has 1 fully saturated rings. The molecule has 142 valence electrons. The van der Waals surface area contributed by atoms with Crippen LogP contribution in [-0.4, -0.2) is 54.3 Å². The second-order valence-corrected chi connectivity index (χ2v) is 6.69. The molecule has 0 aromatic heterocycles. The summed E-state index contributed by atoms with van der Waals surface area (Å²) < 4.78 is 13.8. The first-order valence-corrected chi connectivity index (χ1v) is 9.16. The largest absolute Gasteiger partial charge is 0.347 e. The Bertz CT molecular complexity index is 774. The Hall–Kier alpha value is -2.73. The number of nitrogens with one attached hydrogen (secondary N) is 1. The lowest BCUT2D eigenvalue weighted by Crippen LogP contribution is -2.51. The average Bonchev–Trinajstić information content (AvgIpc) is 2.69. The molecule has 1 aliphatic rings. The Morgan fingerprint density at radius 2 is 1.59 bits per heavy atom. The van der Waals surface area contributed by atoms with Crippen molar-refractivity contribution < 1.29 is 14.0 Å². The maximum absolute atomic E-state index is 13.8. The van der Waals surface area contributed by atoms with Gasteiger partial charge in [-0.25, -0.2) is 4.39 Å². The zero-order chi connectivity index (χ0) is 19.1. The van der Waals surface area contributed by atoms with Gasteiger partial charge in [-0.05, 0) is 11.6 Å². The lowest BCUT2D eigenvalue weighted by atomic mass is 10.1. The van der Waals surface area contributed by atoms with Crippen molar-refractivity contribution in [2.24, 2.45) is 0 Å². The minimum atomic E-state index is -0.197. The van der Waals surface area contributed by atoms with Gasteiger partial charge in [-0.2, -0.15) is 0 Å². The monoisotopic (exact) mass is 369 g/mol. The second kappa shape index (κ2) is 9.28. The summed E-state index contributed by atoms with van der Waals surface area (Å²) in [6.45, 7) is 3.11. The summed E-state index contributed by atoms with van der Waals surface area (Å²) in [4.78, 5) is 28.2. The van der Waals surface area contributed by atoms with E-state index in [2.05, 4.69) is 10.2 Å². The third-order valence-corrected chi connectivity index (χ3v) is 4.72. The number of halogens is 1. The first kappa shape index (κ1) is 19.0. The van der Waals surface area contributed by atoms with Crippen molar-refractivity contribution in [3.63, 3.8) is 0 Å². The number of nitrogens with zero attached hydrogens (tertiary/aromatic N) is 2. The molecule has 0 saturated carbocycles. The molecule has 2 aromatic rings. The highest BCUT2D eigenvalue weighted by atomic mass is 19.1. The van der Waals surface area contributed by atoms with Crippen LogP contribution in [0.1, 0.15) is 11.1 Å². The van der Waals surface area contributed by atoms with Crippen LogP contribution in [0.4, 0.5) is 4.39 Å². The standard InChI is InChI=1S/C21H24FN3O2/c22-19-9-5-4-8-18(19)16-24-10-12-25(13-11-24)21(27)15-23-20(26)14-17-6-2-1-3-7-17/h1-9H,10-16H2,(H,23,26). The third-order valence-electron chi connectivity index (χ3n) is 4.72. The molecule has 2 amide bonds. The van der Waals surface area contributed by atoms with Crippen LogP contribution in [0, 0.1) is 5.82 Å². The van der Waals surface area contributed by atoms with Gasteiger partial charge in [0.15, 0.2) is 0 Å². The van der Waals surface area contributed by atoms with Crippen molar-refractivity contribution in [1.29, 1.82) is 0 Å². The van der Waals surface area contributed by atoms with Gasteiger partial charge in [-0.3, -0.25) is 14.5 Å². The molecule has 0 aliphatic carbocycles. The maximum Gasteiger partial charge on any atom is 0.242 e. The topological polar surface area (TPSA) is 52.7 Å². The van der Waals surface area contributed by atoms with E-state index in [0.29, 0.717) is 38.3 Å². The third kappa shape index (κ3) is 5.62. The van der Waals surface area contributed by atoms with Crippen LogP contribution >= 0.6 is 0 Å². The van der Waals surface area contributed by atoms with Gasteiger partial charge in [-0.15, -0.1) is 0 Å². The predicted octanol–water partition coefficient (Wildman–Crippen LogP) is 1.83. The molecule has 0 atom stereocenters. The molecule has 0 spiro atoms. The molecule has 27 heavy (non-hydrogen) atoms. The summed E-state index contributed by atoms with van der Waals surface area (Å²) in [6, 6.07) is 16.2. The van der Waals surface area contributed by atoms with Crippen molar-refractivity contribution in [1.82, 2.24) is 15.1 Å². The average molecular weight is 369 g/mol. The van der Waals surface area contributed by atoms with Crippen LogP contribution in [-0.2, 0) is 22.6 Å². The number of amides is 2. The molecular formula is C21H24FN3O2. The van der Waals surface area contributed by atoms with E-state index in [1.165, 1.54) is 6.07 Å². The van der Waals surface area contributed by atoms with Gasteiger partial charge in [0.05, 0.1) is 13.0 Å².